The summed E-state index contributed by atoms with van der Waals surface area (Å²) in [6, 6.07) is 16.4. The summed E-state index contributed by atoms with van der Waals surface area (Å²) in [5, 5.41) is 5.24. The number of benzene rings is 3. The molecule has 108 valence electrons. The van der Waals surface area contributed by atoms with E-state index in [1.54, 1.807) is 0 Å². The number of nitrogens with two attached hydrogens (primary N) is 1. The maximum atomic E-state index is 6.15. The third kappa shape index (κ3) is 2.97. The Morgan fingerprint density at radius 3 is 2.57 bits per heavy atom. The van der Waals surface area contributed by atoms with Gasteiger partial charge in [0.25, 0.3) is 0 Å². The van der Waals surface area contributed by atoms with Crippen LogP contribution in [0.4, 0.5) is 0 Å². The summed E-state index contributed by atoms with van der Waals surface area (Å²) >= 11 is 6.15. The third-order valence-electron chi connectivity index (χ3n) is 3.62. The van der Waals surface area contributed by atoms with Crippen LogP contribution < -0.4 is 10.5 Å². The molecule has 2 N–H and O–H groups in total. The van der Waals surface area contributed by atoms with Gasteiger partial charge >= 0.3 is 0 Å². The van der Waals surface area contributed by atoms with Gasteiger partial charge in [-0.25, -0.2) is 0 Å². The van der Waals surface area contributed by atoms with Crippen LogP contribution in [0, 0.1) is 0 Å². The van der Waals surface area contributed by atoms with Gasteiger partial charge in [-0.15, -0.1) is 0 Å². The minimum absolute atomic E-state index is 0.673. The smallest absolute Gasteiger partial charge is 0.134 e. The number of hydrogen-bond donors (Lipinski definition) is 1. The molecule has 0 aliphatic heterocycles. The Hall–Kier alpha value is -1.77. The topological polar surface area (TPSA) is 35.2 Å². The minimum atomic E-state index is 0.673. The van der Waals surface area contributed by atoms with Gasteiger partial charge in [-0.3, -0.25) is 0 Å². The first-order valence-electron chi connectivity index (χ1n) is 7.23. The molecule has 0 fully saturated rings. The minimum Gasteiger partial charge on any atom is -0.492 e. The standard InChI is InChI=1S/C18H18ClNO/c19-15-8-7-14-11-13-5-1-2-6-16(13)18(17(14)12-15)21-10-4-3-9-20/h1-2,5-8,11-12H,3-4,9-10,20H2. The highest BCUT2D eigenvalue weighted by molar-refractivity contribution is 6.31. The van der Waals surface area contributed by atoms with E-state index in [4.69, 9.17) is 22.1 Å². The summed E-state index contributed by atoms with van der Waals surface area (Å²) in [5.74, 6) is 0.919. The molecule has 0 aromatic heterocycles. The van der Waals surface area contributed by atoms with Crippen molar-refractivity contribution in [3.8, 4) is 5.75 Å². The molecule has 0 saturated carbocycles. The molecule has 0 bridgehead atoms. The van der Waals surface area contributed by atoms with Crippen LogP contribution in [0.2, 0.25) is 5.02 Å². The molecule has 0 unspecified atom stereocenters. The van der Waals surface area contributed by atoms with E-state index in [1.165, 1.54) is 5.39 Å². The third-order valence-corrected chi connectivity index (χ3v) is 3.86. The number of unbranched alkanes of at least 4 members (excludes halogenated alkanes) is 1. The average Bonchev–Trinajstić information content (AvgIpc) is 2.51. The van der Waals surface area contributed by atoms with Gasteiger partial charge < -0.3 is 10.5 Å². The lowest BCUT2D eigenvalue weighted by molar-refractivity contribution is 0.315. The van der Waals surface area contributed by atoms with Gasteiger partial charge in [0.05, 0.1) is 6.61 Å². The van der Waals surface area contributed by atoms with Crippen LogP contribution in [0.25, 0.3) is 21.5 Å². The zero-order valence-corrected chi connectivity index (χ0v) is 12.6. The fraction of sp³-hybridized carbons (Fsp3) is 0.222. The Balaban J connectivity index is 2.12. The summed E-state index contributed by atoms with van der Waals surface area (Å²) in [7, 11) is 0. The molecular weight excluding hydrogens is 282 g/mol. The molecule has 21 heavy (non-hydrogen) atoms. The second kappa shape index (κ2) is 6.33. The summed E-state index contributed by atoms with van der Waals surface area (Å²) in [6.07, 6.45) is 1.94. The van der Waals surface area contributed by atoms with E-state index in [-0.39, 0.29) is 0 Å². The number of rotatable bonds is 5. The van der Waals surface area contributed by atoms with Crippen molar-refractivity contribution in [2.45, 2.75) is 12.8 Å². The molecule has 0 radical (unpaired) electrons. The fourth-order valence-electron chi connectivity index (χ4n) is 2.57. The van der Waals surface area contributed by atoms with Crippen LogP contribution >= 0.6 is 11.6 Å². The lowest BCUT2D eigenvalue weighted by atomic mass is 10.0. The average molecular weight is 300 g/mol. The van der Waals surface area contributed by atoms with Crippen molar-refractivity contribution in [2.75, 3.05) is 13.2 Å². The predicted octanol–water partition coefficient (Wildman–Crippen LogP) is 4.76. The van der Waals surface area contributed by atoms with Crippen LogP contribution in [-0.2, 0) is 0 Å². The van der Waals surface area contributed by atoms with Crippen LogP contribution in [0.1, 0.15) is 12.8 Å². The first-order valence-corrected chi connectivity index (χ1v) is 7.61. The maximum absolute atomic E-state index is 6.15. The van der Waals surface area contributed by atoms with E-state index in [0.717, 1.165) is 39.8 Å². The number of hydrogen-bond acceptors (Lipinski definition) is 2. The van der Waals surface area contributed by atoms with Crippen molar-refractivity contribution in [3.63, 3.8) is 0 Å². The van der Waals surface area contributed by atoms with Crippen LogP contribution in [0.15, 0.2) is 48.5 Å². The summed E-state index contributed by atoms with van der Waals surface area (Å²) in [4.78, 5) is 0. The Kier molecular flexibility index (Phi) is 4.28. The zero-order chi connectivity index (χ0) is 14.7. The fourth-order valence-corrected chi connectivity index (χ4v) is 2.74. The van der Waals surface area contributed by atoms with Crippen LogP contribution in [0.5, 0.6) is 5.75 Å². The van der Waals surface area contributed by atoms with Gasteiger partial charge in [0.1, 0.15) is 5.75 Å². The van der Waals surface area contributed by atoms with Crippen molar-refractivity contribution in [1.29, 1.82) is 0 Å². The highest BCUT2D eigenvalue weighted by Crippen LogP contribution is 2.36. The van der Waals surface area contributed by atoms with Crippen molar-refractivity contribution in [3.05, 3.63) is 53.6 Å². The summed E-state index contributed by atoms with van der Waals surface area (Å²) in [6.45, 7) is 1.37. The summed E-state index contributed by atoms with van der Waals surface area (Å²) in [5.41, 5.74) is 5.54. The molecule has 3 heteroatoms. The Bertz CT molecular complexity index is 770. The van der Waals surface area contributed by atoms with Crippen molar-refractivity contribution < 1.29 is 4.74 Å². The van der Waals surface area contributed by atoms with Crippen molar-refractivity contribution in [1.82, 2.24) is 0 Å². The molecule has 3 aromatic carbocycles. The van der Waals surface area contributed by atoms with Gasteiger partial charge in [0.2, 0.25) is 0 Å². The number of halogens is 1. The Labute approximate surface area is 129 Å². The van der Waals surface area contributed by atoms with E-state index in [1.807, 2.05) is 30.3 Å². The molecule has 0 heterocycles. The predicted molar refractivity (Wildman–Crippen MR) is 90.2 cm³/mol. The normalized spacial score (nSPS) is 11.1. The van der Waals surface area contributed by atoms with E-state index < -0.39 is 0 Å². The van der Waals surface area contributed by atoms with E-state index in [0.29, 0.717) is 13.2 Å². The molecule has 3 aromatic rings. The molecule has 0 atom stereocenters. The second-order valence-electron chi connectivity index (χ2n) is 5.14. The second-order valence-corrected chi connectivity index (χ2v) is 5.57. The van der Waals surface area contributed by atoms with Crippen LogP contribution in [-0.4, -0.2) is 13.2 Å². The van der Waals surface area contributed by atoms with Gasteiger partial charge in [-0.05, 0) is 48.4 Å². The molecular formula is C18H18ClNO. The first kappa shape index (κ1) is 14.2. The quantitative estimate of drug-likeness (QED) is 0.544. The molecule has 3 rings (SSSR count). The largest absolute Gasteiger partial charge is 0.492 e. The highest BCUT2D eigenvalue weighted by Gasteiger charge is 2.09. The molecule has 0 spiro atoms. The Morgan fingerprint density at radius 2 is 1.71 bits per heavy atom. The first-order chi connectivity index (χ1) is 10.3. The maximum Gasteiger partial charge on any atom is 0.134 e. The van der Waals surface area contributed by atoms with Gasteiger partial charge in [-0.1, -0.05) is 41.9 Å². The zero-order valence-electron chi connectivity index (χ0n) is 11.8. The van der Waals surface area contributed by atoms with Crippen molar-refractivity contribution >= 4 is 33.1 Å². The van der Waals surface area contributed by atoms with Gasteiger partial charge in [0.15, 0.2) is 0 Å². The van der Waals surface area contributed by atoms with Gasteiger partial charge in [-0.2, -0.15) is 0 Å². The number of fused-ring (bicyclic) bond motifs is 2. The van der Waals surface area contributed by atoms with Gasteiger partial charge in [0, 0.05) is 15.8 Å². The lowest BCUT2D eigenvalue weighted by Gasteiger charge is -2.13. The Morgan fingerprint density at radius 1 is 0.905 bits per heavy atom. The molecule has 0 amide bonds. The van der Waals surface area contributed by atoms with E-state index >= 15 is 0 Å². The van der Waals surface area contributed by atoms with E-state index in [2.05, 4.69) is 18.2 Å². The molecule has 0 aliphatic carbocycles. The SMILES string of the molecule is NCCCCOc1c2ccccc2cc2ccc(Cl)cc12. The summed E-state index contributed by atoms with van der Waals surface area (Å²) < 4.78 is 6.08. The monoisotopic (exact) mass is 299 g/mol. The lowest BCUT2D eigenvalue weighted by Crippen LogP contribution is -2.04. The molecule has 0 saturated heterocycles. The van der Waals surface area contributed by atoms with Crippen molar-refractivity contribution in [2.24, 2.45) is 5.73 Å². The molecule has 0 aliphatic rings. The molecule has 2 nitrogen and oxygen atoms in total. The van der Waals surface area contributed by atoms with Crippen LogP contribution in [0.3, 0.4) is 0 Å². The highest BCUT2D eigenvalue weighted by atomic mass is 35.5. The van der Waals surface area contributed by atoms with E-state index in [9.17, 15) is 0 Å². The number of ether oxygens (including phenoxy) is 1.